The largest absolute Gasteiger partial charge is 0.457 e. The molecule has 0 heterocycles. The van der Waals surface area contributed by atoms with E-state index in [0.29, 0.717) is 19.6 Å². The molecule has 224 valence electrons. The van der Waals surface area contributed by atoms with Gasteiger partial charge < -0.3 is 14.6 Å². The fourth-order valence-corrected chi connectivity index (χ4v) is 4.53. The van der Waals surface area contributed by atoms with Gasteiger partial charge >= 0.3 is 5.97 Å². The van der Waals surface area contributed by atoms with Crippen LogP contribution in [0.2, 0.25) is 0 Å². The van der Waals surface area contributed by atoms with Crippen LogP contribution in [-0.2, 0) is 14.3 Å². The van der Waals surface area contributed by atoms with Gasteiger partial charge in [0.05, 0.1) is 13.2 Å². The second kappa shape index (κ2) is 32.1. The molecule has 0 bridgehead atoms. The summed E-state index contributed by atoms with van der Waals surface area (Å²) >= 11 is 0. The molecule has 1 unspecified atom stereocenters. The molecule has 0 fully saturated rings. The smallest absolute Gasteiger partial charge is 0.306 e. The first-order valence-electron chi connectivity index (χ1n) is 16.4. The Morgan fingerprint density at radius 3 is 1.66 bits per heavy atom. The van der Waals surface area contributed by atoms with Crippen LogP contribution in [0.4, 0.5) is 0 Å². The summed E-state index contributed by atoms with van der Waals surface area (Å²) in [4.78, 5) is 12.0. The predicted octanol–water partition coefficient (Wildman–Crippen LogP) is 10.0. The van der Waals surface area contributed by atoms with E-state index in [1.807, 2.05) is 0 Å². The molecule has 0 radical (unpaired) electrons. The summed E-state index contributed by atoms with van der Waals surface area (Å²) in [5.41, 5.74) is 0. The van der Waals surface area contributed by atoms with Gasteiger partial charge in [0.2, 0.25) is 0 Å². The van der Waals surface area contributed by atoms with Crippen LogP contribution in [0.25, 0.3) is 0 Å². The summed E-state index contributed by atoms with van der Waals surface area (Å²) in [5.74, 6) is -0.209. The van der Waals surface area contributed by atoms with Gasteiger partial charge in [0.15, 0.2) is 0 Å². The number of aliphatic hydroxyl groups excluding tert-OH is 1. The number of allylic oxidation sites excluding steroid dienone is 4. The lowest BCUT2D eigenvalue weighted by Crippen LogP contribution is -2.27. The van der Waals surface area contributed by atoms with Crippen LogP contribution in [0.1, 0.15) is 162 Å². The first-order valence-corrected chi connectivity index (χ1v) is 16.4. The Hall–Kier alpha value is -1.13. The molecule has 0 aromatic carbocycles. The van der Waals surface area contributed by atoms with Crippen LogP contribution in [0, 0.1) is 0 Å². The van der Waals surface area contributed by atoms with Crippen LogP contribution in [0.3, 0.4) is 0 Å². The topological polar surface area (TPSA) is 55.8 Å². The van der Waals surface area contributed by atoms with Crippen molar-refractivity contribution in [2.24, 2.45) is 0 Å². The van der Waals surface area contributed by atoms with E-state index in [-0.39, 0.29) is 12.6 Å². The highest BCUT2D eigenvalue weighted by molar-refractivity contribution is 5.69. The molecule has 4 heteroatoms. The average molecular weight is 537 g/mol. The highest BCUT2D eigenvalue weighted by Gasteiger charge is 2.13. The van der Waals surface area contributed by atoms with E-state index < -0.39 is 6.10 Å². The molecular weight excluding hydrogens is 472 g/mol. The molecular formula is C34H64O4. The molecule has 0 spiro atoms. The first-order chi connectivity index (χ1) is 18.7. The number of unbranched alkanes of at least 4 members (excludes halogenated alkanes) is 18. The van der Waals surface area contributed by atoms with Crippen LogP contribution in [0.5, 0.6) is 0 Å². The number of carbonyl (C=O) groups excluding carboxylic acids is 1. The zero-order valence-electron chi connectivity index (χ0n) is 25.4. The second-order valence-electron chi connectivity index (χ2n) is 10.9. The first kappa shape index (κ1) is 36.9. The van der Waals surface area contributed by atoms with Crippen molar-refractivity contribution >= 4 is 5.97 Å². The third kappa shape index (κ3) is 29.4. The van der Waals surface area contributed by atoms with Crippen molar-refractivity contribution in [2.45, 2.75) is 168 Å². The van der Waals surface area contributed by atoms with Gasteiger partial charge in [0, 0.05) is 13.0 Å². The van der Waals surface area contributed by atoms with Crippen molar-refractivity contribution < 1.29 is 19.4 Å². The normalized spacial score (nSPS) is 12.6. The maximum atomic E-state index is 12.0. The van der Waals surface area contributed by atoms with Gasteiger partial charge in [-0.2, -0.15) is 0 Å². The van der Waals surface area contributed by atoms with E-state index in [1.165, 1.54) is 116 Å². The van der Waals surface area contributed by atoms with Gasteiger partial charge in [0.25, 0.3) is 0 Å². The fraction of sp³-hybridized carbons (Fsp3) is 0.853. The van der Waals surface area contributed by atoms with Gasteiger partial charge in [-0.05, 0) is 44.9 Å². The molecule has 0 aliphatic carbocycles. The van der Waals surface area contributed by atoms with E-state index in [4.69, 9.17) is 9.47 Å². The van der Waals surface area contributed by atoms with Gasteiger partial charge in [0.1, 0.15) is 6.10 Å². The lowest BCUT2D eigenvalue weighted by Gasteiger charge is -2.15. The van der Waals surface area contributed by atoms with E-state index in [2.05, 4.69) is 38.2 Å². The molecule has 0 aliphatic rings. The SMILES string of the molecule is CCCCCC/C=C\C/C=C\CCCCCCCCOCC(CO)OC(=O)CCCCCCCCCCC. The van der Waals surface area contributed by atoms with Gasteiger partial charge in [-0.3, -0.25) is 4.79 Å². The van der Waals surface area contributed by atoms with Crippen LogP contribution >= 0.6 is 0 Å². The summed E-state index contributed by atoms with van der Waals surface area (Å²) in [6, 6.07) is 0. The summed E-state index contributed by atoms with van der Waals surface area (Å²) in [6.07, 6.45) is 36.4. The molecule has 0 saturated carbocycles. The Morgan fingerprint density at radius 1 is 0.632 bits per heavy atom. The molecule has 4 nitrogen and oxygen atoms in total. The van der Waals surface area contributed by atoms with Crippen LogP contribution < -0.4 is 0 Å². The molecule has 0 amide bonds. The number of carbonyl (C=O) groups is 1. The van der Waals surface area contributed by atoms with Crippen molar-refractivity contribution in [2.75, 3.05) is 19.8 Å². The third-order valence-electron chi connectivity index (χ3n) is 7.03. The standard InChI is InChI=1S/C34H64O4/c1-3-5-7-9-11-13-14-15-16-17-18-19-20-22-24-26-28-30-37-32-33(31-35)38-34(36)29-27-25-23-21-12-10-8-6-4-2/h13-14,16-17,33,35H,3-12,15,18-32H2,1-2H3/b14-13-,17-16-. The molecule has 0 aromatic rings. The number of hydrogen-bond acceptors (Lipinski definition) is 4. The van der Waals surface area contributed by atoms with Crippen molar-refractivity contribution in [3.05, 3.63) is 24.3 Å². The lowest BCUT2D eigenvalue weighted by molar-refractivity contribution is -0.154. The number of esters is 1. The van der Waals surface area contributed by atoms with E-state index in [0.717, 1.165) is 25.7 Å². The molecule has 0 rings (SSSR count). The Bertz CT molecular complexity index is 529. The Morgan fingerprint density at radius 2 is 1.11 bits per heavy atom. The van der Waals surface area contributed by atoms with Crippen LogP contribution in [-0.4, -0.2) is 37.0 Å². The summed E-state index contributed by atoms with van der Waals surface area (Å²) in [6.45, 7) is 5.29. The molecule has 1 atom stereocenters. The Balaban J connectivity index is 3.45. The lowest BCUT2D eigenvalue weighted by atomic mass is 10.1. The summed E-state index contributed by atoms with van der Waals surface area (Å²) in [5, 5.41) is 9.49. The molecule has 0 aromatic heterocycles. The monoisotopic (exact) mass is 536 g/mol. The van der Waals surface area contributed by atoms with Gasteiger partial charge in [-0.1, -0.05) is 134 Å². The molecule has 0 saturated heterocycles. The van der Waals surface area contributed by atoms with E-state index >= 15 is 0 Å². The Kier molecular flexibility index (Phi) is 31.1. The average Bonchev–Trinajstić information content (AvgIpc) is 2.92. The molecule has 38 heavy (non-hydrogen) atoms. The number of hydrogen-bond donors (Lipinski definition) is 1. The highest BCUT2D eigenvalue weighted by Crippen LogP contribution is 2.12. The van der Waals surface area contributed by atoms with E-state index in [1.54, 1.807) is 0 Å². The van der Waals surface area contributed by atoms with Gasteiger partial charge in [-0.25, -0.2) is 0 Å². The second-order valence-corrected chi connectivity index (χ2v) is 10.9. The maximum Gasteiger partial charge on any atom is 0.306 e. The quantitative estimate of drug-likeness (QED) is 0.0563. The molecule has 0 aliphatic heterocycles. The van der Waals surface area contributed by atoms with Crippen molar-refractivity contribution in [3.8, 4) is 0 Å². The summed E-state index contributed by atoms with van der Waals surface area (Å²) < 4.78 is 11.0. The third-order valence-corrected chi connectivity index (χ3v) is 7.03. The minimum absolute atomic E-state index is 0.173. The van der Waals surface area contributed by atoms with Crippen molar-refractivity contribution in [1.82, 2.24) is 0 Å². The van der Waals surface area contributed by atoms with E-state index in [9.17, 15) is 9.90 Å². The predicted molar refractivity (Wildman–Crippen MR) is 164 cm³/mol. The zero-order valence-corrected chi connectivity index (χ0v) is 25.4. The van der Waals surface area contributed by atoms with Gasteiger partial charge in [-0.15, -0.1) is 0 Å². The number of aliphatic hydroxyl groups is 1. The number of ether oxygens (including phenoxy) is 2. The summed E-state index contributed by atoms with van der Waals surface area (Å²) in [7, 11) is 0. The van der Waals surface area contributed by atoms with Crippen LogP contribution in [0.15, 0.2) is 24.3 Å². The highest BCUT2D eigenvalue weighted by atomic mass is 16.6. The molecule has 1 N–H and O–H groups in total. The fourth-order valence-electron chi connectivity index (χ4n) is 4.53. The zero-order chi connectivity index (χ0) is 27.8. The van der Waals surface area contributed by atoms with Crippen molar-refractivity contribution in [3.63, 3.8) is 0 Å². The minimum Gasteiger partial charge on any atom is -0.457 e. The Labute approximate surface area is 237 Å². The number of rotatable bonds is 30. The van der Waals surface area contributed by atoms with Crippen molar-refractivity contribution in [1.29, 1.82) is 0 Å². The maximum absolute atomic E-state index is 12.0. The minimum atomic E-state index is -0.532.